The zero-order valence-electron chi connectivity index (χ0n) is 12.4. The third-order valence-electron chi connectivity index (χ3n) is 3.53. The van der Waals surface area contributed by atoms with Gasteiger partial charge >= 0.3 is 0 Å². The Hall–Kier alpha value is -1.56. The Morgan fingerprint density at radius 1 is 1.30 bits per heavy atom. The first-order valence-electron chi connectivity index (χ1n) is 6.43. The lowest BCUT2D eigenvalue weighted by Crippen LogP contribution is -2.49. The lowest BCUT2D eigenvalue weighted by molar-refractivity contribution is -0.133. The topological polar surface area (TPSA) is 80.5 Å². The Kier molecular flexibility index (Phi) is 4.81. The summed E-state index contributed by atoms with van der Waals surface area (Å²) in [6, 6.07) is 7.25. The number of anilines is 1. The molecule has 0 aliphatic rings. The lowest BCUT2D eigenvalue weighted by Gasteiger charge is -2.30. The van der Waals surface area contributed by atoms with Crippen LogP contribution in [0.25, 0.3) is 0 Å². The molecule has 1 amide bonds. The number of sulfone groups is 1. The number of carbonyl (C=O) groups is 1. The summed E-state index contributed by atoms with van der Waals surface area (Å²) in [5, 5.41) is 0. The van der Waals surface area contributed by atoms with Crippen molar-refractivity contribution in [1.29, 1.82) is 0 Å². The highest BCUT2D eigenvalue weighted by Gasteiger charge is 2.40. The Balaban J connectivity index is 3.04. The molecule has 1 aromatic rings. The summed E-state index contributed by atoms with van der Waals surface area (Å²) in [6.07, 6.45) is 1.08. The van der Waals surface area contributed by atoms with Crippen LogP contribution in [0.3, 0.4) is 0 Å². The normalized spacial score (nSPS) is 12.2. The minimum atomic E-state index is -3.48. The number of nitrogens with two attached hydrogens (primary N) is 1. The van der Waals surface area contributed by atoms with Gasteiger partial charge in [-0.05, 0) is 32.4 Å². The standard InChI is InChI=1S/C14H22N2O3S/c1-5-16(10-11-8-6-7-9-12(11)15)13(17)14(2,3)20(4,18)19/h6-9H,5,10,15H2,1-4H3. The van der Waals surface area contributed by atoms with E-state index >= 15 is 0 Å². The van der Waals surface area contributed by atoms with Crippen molar-refractivity contribution in [3.63, 3.8) is 0 Å². The minimum absolute atomic E-state index is 0.307. The smallest absolute Gasteiger partial charge is 0.243 e. The van der Waals surface area contributed by atoms with Gasteiger partial charge in [0.05, 0.1) is 0 Å². The van der Waals surface area contributed by atoms with Gasteiger partial charge in [-0.15, -0.1) is 0 Å². The lowest BCUT2D eigenvalue weighted by atomic mass is 10.1. The first-order chi connectivity index (χ1) is 9.11. The molecule has 0 fully saturated rings. The zero-order valence-corrected chi connectivity index (χ0v) is 13.2. The van der Waals surface area contributed by atoms with Gasteiger partial charge in [-0.3, -0.25) is 4.79 Å². The van der Waals surface area contributed by atoms with Crippen LogP contribution in [-0.2, 0) is 21.2 Å². The zero-order chi connectivity index (χ0) is 15.6. The predicted molar refractivity (Wildman–Crippen MR) is 80.9 cm³/mol. The third-order valence-corrected chi connectivity index (χ3v) is 5.56. The van der Waals surface area contributed by atoms with Gasteiger partial charge in [-0.1, -0.05) is 18.2 Å². The average molecular weight is 298 g/mol. The third kappa shape index (κ3) is 3.30. The molecule has 0 heterocycles. The highest BCUT2D eigenvalue weighted by Crippen LogP contribution is 2.21. The molecule has 0 aliphatic carbocycles. The summed E-state index contributed by atoms with van der Waals surface area (Å²) in [7, 11) is -3.48. The molecule has 0 spiro atoms. The van der Waals surface area contributed by atoms with Gasteiger partial charge in [0.2, 0.25) is 5.91 Å². The second-order valence-electron chi connectivity index (χ2n) is 5.30. The van der Waals surface area contributed by atoms with Gasteiger partial charge in [0, 0.05) is 25.0 Å². The van der Waals surface area contributed by atoms with Crippen LogP contribution in [0.2, 0.25) is 0 Å². The van der Waals surface area contributed by atoms with Crippen LogP contribution in [-0.4, -0.2) is 36.8 Å². The molecule has 0 aliphatic heterocycles. The van der Waals surface area contributed by atoms with Crippen molar-refractivity contribution in [2.75, 3.05) is 18.5 Å². The fraction of sp³-hybridized carbons (Fsp3) is 0.500. The van der Waals surface area contributed by atoms with Gasteiger partial charge in [0.15, 0.2) is 9.84 Å². The molecule has 0 atom stereocenters. The monoisotopic (exact) mass is 298 g/mol. The largest absolute Gasteiger partial charge is 0.398 e. The van der Waals surface area contributed by atoms with E-state index < -0.39 is 20.5 Å². The molecular weight excluding hydrogens is 276 g/mol. The van der Waals surface area contributed by atoms with Crippen molar-refractivity contribution in [2.24, 2.45) is 0 Å². The Morgan fingerprint density at radius 3 is 2.30 bits per heavy atom. The molecule has 0 radical (unpaired) electrons. The van der Waals surface area contributed by atoms with E-state index in [0.29, 0.717) is 18.8 Å². The molecule has 112 valence electrons. The predicted octanol–water partition coefficient (Wildman–Crippen LogP) is 1.44. The molecule has 0 bridgehead atoms. The summed E-state index contributed by atoms with van der Waals surface area (Å²) in [4.78, 5) is 14.0. The van der Waals surface area contributed by atoms with E-state index in [0.717, 1.165) is 11.8 Å². The van der Waals surface area contributed by atoms with E-state index in [-0.39, 0.29) is 0 Å². The van der Waals surface area contributed by atoms with Crippen molar-refractivity contribution in [3.8, 4) is 0 Å². The molecule has 5 nitrogen and oxygen atoms in total. The average Bonchev–Trinajstić information content (AvgIpc) is 2.35. The maximum atomic E-state index is 12.5. The highest BCUT2D eigenvalue weighted by atomic mass is 32.2. The van der Waals surface area contributed by atoms with Crippen LogP contribution in [0.1, 0.15) is 26.3 Å². The number of rotatable bonds is 5. The Morgan fingerprint density at radius 2 is 1.85 bits per heavy atom. The van der Waals surface area contributed by atoms with Crippen molar-refractivity contribution in [1.82, 2.24) is 4.90 Å². The summed E-state index contributed by atoms with van der Waals surface area (Å²) in [5.74, 6) is -0.411. The van der Waals surface area contributed by atoms with Gasteiger partial charge in [-0.25, -0.2) is 8.42 Å². The van der Waals surface area contributed by atoms with Crippen LogP contribution < -0.4 is 5.73 Å². The van der Waals surface area contributed by atoms with Crippen LogP contribution in [0, 0.1) is 0 Å². The summed E-state index contributed by atoms with van der Waals surface area (Å²) < 4.78 is 22.1. The second-order valence-corrected chi connectivity index (χ2v) is 7.87. The first-order valence-corrected chi connectivity index (χ1v) is 8.32. The van der Waals surface area contributed by atoms with E-state index in [9.17, 15) is 13.2 Å². The number of nitrogens with zero attached hydrogens (tertiary/aromatic N) is 1. The van der Waals surface area contributed by atoms with E-state index in [1.54, 1.807) is 6.07 Å². The molecule has 2 N–H and O–H groups in total. The maximum absolute atomic E-state index is 12.5. The van der Waals surface area contributed by atoms with Crippen LogP contribution in [0.4, 0.5) is 5.69 Å². The van der Waals surface area contributed by atoms with E-state index in [1.165, 1.54) is 18.7 Å². The van der Waals surface area contributed by atoms with Gasteiger partial charge in [0.1, 0.15) is 4.75 Å². The molecular formula is C14H22N2O3S. The van der Waals surface area contributed by atoms with Gasteiger partial charge in [0.25, 0.3) is 0 Å². The number of hydrogen-bond donors (Lipinski definition) is 1. The Labute approximate surface area is 120 Å². The number of carbonyl (C=O) groups excluding carboxylic acids is 1. The second kappa shape index (κ2) is 5.83. The van der Waals surface area contributed by atoms with Crippen molar-refractivity contribution < 1.29 is 13.2 Å². The van der Waals surface area contributed by atoms with Crippen LogP contribution in [0.5, 0.6) is 0 Å². The summed E-state index contributed by atoms with van der Waals surface area (Å²) in [6.45, 7) is 5.41. The molecule has 0 saturated heterocycles. The quantitative estimate of drug-likeness (QED) is 0.834. The summed E-state index contributed by atoms with van der Waals surface area (Å²) in [5.41, 5.74) is 7.27. The molecule has 0 unspecified atom stereocenters. The van der Waals surface area contributed by atoms with Gasteiger partial charge < -0.3 is 10.6 Å². The SMILES string of the molecule is CCN(Cc1ccccc1N)C(=O)C(C)(C)S(C)(=O)=O. The van der Waals surface area contributed by atoms with Crippen molar-refractivity contribution >= 4 is 21.4 Å². The molecule has 20 heavy (non-hydrogen) atoms. The molecule has 0 aromatic heterocycles. The number of nitrogen functional groups attached to an aromatic ring is 1. The number of amides is 1. The maximum Gasteiger partial charge on any atom is 0.243 e. The van der Waals surface area contributed by atoms with Crippen LogP contribution in [0.15, 0.2) is 24.3 Å². The molecule has 1 aromatic carbocycles. The minimum Gasteiger partial charge on any atom is -0.398 e. The van der Waals surface area contributed by atoms with E-state index in [4.69, 9.17) is 5.73 Å². The molecule has 0 saturated carbocycles. The number of hydrogen-bond acceptors (Lipinski definition) is 4. The Bertz CT molecular complexity index is 594. The van der Waals surface area contributed by atoms with E-state index in [2.05, 4.69) is 0 Å². The number of para-hydroxylation sites is 1. The number of benzene rings is 1. The molecule has 1 rings (SSSR count). The van der Waals surface area contributed by atoms with Gasteiger partial charge in [-0.2, -0.15) is 0 Å². The fourth-order valence-corrected chi connectivity index (χ4v) is 2.20. The summed E-state index contributed by atoms with van der Waals surface area (Å²) >= 11 is 0. The fourth-order valence-electron chi connectivity index (χ4n) is 1.75. The van der Waals surface area contributed by atoms with Crippen LogP contribution >= 0.6 is 0 Å². The van der Waals surface area contributed by atoms with Crippen molar-refractivity contribution in [2.45, 2.75) is 32.1 Å². The first kappa shape index (κ1) is 16.5. The highest BCUT2D eigenvalue weighted by molar-refractivity contribution is 7.92. The molecule has 6 heteroatoms. The van der Waals surface area contributed by atoms with Crippen molar-refractivity contribution in [3.05, 3.63) is 29.8 Å². The van der Waals surface area contributed by atoms with E-state index in [1.807, 2.05) is 25.1 Å².